The first kappa shape index (κ1) is 24.1. The monoisotopic (exact) mass is 556 g/mol. The number of rotatable bonds is 0. The molecule has 0 amide bonds. The van der Waals surface area contributed by atoms with E-state index in [1.54, 1.807) is 31.2 Å². The molecular formula is C34H20O8. The minimum Gasteiger partial charge on any atom is -0.506 e. The second-order valence-electron chi connectivity index (χ2n) is 10.9. The number of benzene rings is 8. The second kappa shape index (κ2) is 7.50. The Bertz CT molecular complexity index is 2690. The maximum Gasteiger partial charge on any atom is 0.234 e. The zero-order chi connectivity index (χ0) is 29.5. The zero-order valence-corrected chi connectivity index (χ0v) is 22.1. The number of aryl methyl sites for hydroxylation is 1. The molecule has 204 valence electrons. The lowest BCUT2D eigenvalue weighted by Crippen LogP contribution is -2.27. The van der Waals surface area contributed by atoms with E-state index in [2.05, 4.69) is 0 Å². The maximum atomic E-state index is 13.3. The Balaban J connectivity index is 1.81. The fraction of sp³-hybridized carbons (Fsp3) is 0.0588. The molecule has 0 aliphatic carbocycles. The van der Waals surface area contributed by atoms with Gasteiger partial charge in [-0.3, -0.25) is 9.59 Å². The van der Waals surface area contributed by atoms with Crippen LogP contribution in [0.15, 0.2) is 58.1 Å². The Hall–Kier alpha value is -5.76. The highest BCUT2D eigenvalue weighted by atomic mass is 16.3. The molecule has 0 fully saturated rings. The molecule has 8 heteroatoms. The third-order valence-electron chi connectivity index (χ3n) is 8.99. The van der Waals surface area contributed by atoms with E-state index in [1.165, 1.54) is 6.92 Å². The standard InChI is InChI=1S/C34H20O8/c1-11-12(2)27(35)30(38)21-17-10-9-16-20-14-7-3-5-13-6-4-8-15(19(13)14)24-25(20)26(33(41)34(42)32(24)40)28(36)22(16)23(17)31(39)29(37)18(11)21/h3-10,36-37,39-42H,1-2H3. The average Bonchev–Trinajstić information content (AvgIpc) is 2.99. The highest BCUT2D eigenvalue weighted by molar-refractivity contribution is 6.43. The lowest BCUT2D eigenvalue weighted by Gasteiger charge is -2.21. The van der Waals surface area contributed by atoms with Gasteiger partial charge in [-0.15, -0.1) is 0 Å². The number of fused-ring (bicyclic) bond motifs is 8. The third kappa shape index (κ3) is 2.49. The van der Waals surface area contributed by atoms with Crippen molar-refractivity contribution in [1.82, 2.24) is 0 Å². The van der Waals surface area contributed by atoms with Gasteiger partial charge in [0, 0.05) is 37.9 Å². The first-order valence-corrected chi connectivity index (χ1v) is 13.1. The van der Waals surface area contributed by atoms with E-state index in [-0.39, 0.29) is 48.7 Å². The molecule has 0 aromatic heterocycles. The molecule has 8 nitrogen and oxygen atoms in total. The van der Waals surface area contributed by atoms with Crippen molar-refractivity contribution in [3.8, 4) is 34.5 Å². The van der Waals surface area contributed by atoms with Crippen molar-refractivity contribution in [3.05, 3.63) is 80.1 Å². The van der Waals surface area contributed by atoms with E-state index >= 15 is 0 Å². The fourth-order valence-corrected chi connectivity index (χ4v) is 6.99. The normalized spacial score (nSPS) is 12.3. The second-order valence-corrected chi connectivity index (χ2v) is 10.9. The Labute approximate surface area is 234 Å². The number of hydrogen-bond donors (Lipinski definition) is 6. The van der Waals surface area contributed by atoms with Crippen molar-refractivity contribution in [2.45, 2.75) is 13.8 Å². The van der Waals surface area contributed by atoms with Gasteiger partial charge in [-0.2, -0.15) is 0 Å². The predicted molar refractivity (Wildman–Crippen MR) is 163 cm³/mol. The lowest BCUT2D eigenvalue weighted by molar-refractivity contribution is 0.373. The molecule has 8 rings (SSSR count). The molecule has 8 aromatic carbocycles. The molecule has 42 heavy (non-hydrogen) atoms. The smallest absolute Gasteiger partial charge is 0.234 e. The van der Waals surface area contributed by atoms with Crippen LogP contribution < -0.4 is 10.9 Å². The maximum absolute atomic E-state index is 13.3. The highest BCUT2D eigenvalue weighted by Gasteiger charge is 2.29. The third-order valence-corrected chi connectivity index (χ3v) is 8.99. The Morgan fingerprint density at radius 3 is 1.52 bits per heavy atom. The first-order valence-electron chi connectivity index (χ1n) is 13.1. The van der Waals surface area contributed by atoms with Gasteiger partial charge < -0.3 is 30.6 Å². The number of phenolic OH excluding ortho intramolecular Hbond substituents is 6. The van der Waals surface area contributed by atoms with Gasteiger partial charge in [-0.25, -0.2) is 0 Å². The molecule has 0 heterocycles. The summed E-state index contributed by atoms with van der Waals surface area (Å²) in [4.78, 5) is 26.2. The van der Waals surface area contributed by atoms with Gasteiger partial charge in [0.15, 0.2) is 23.0 Å². The van der Waals surface area contributed by atoms with Crippen molar-refractivity contribution in [2.24, 2.45) is 0 Å². The van der Waals surface area contributed by atoms with E-state index < -0.39 is 45.4 Å². The van der Waals surface area contributed by atoms with E-state index in [0.717, 1.165) is 10.8 Å². The lowest BCUT2D eigenvalue weighted by atomic mass is 9.84. The molecule has 0 spiro atoms. The zero-order valence-electron chi connectivity index (χ0n) is 22.1. The molecule has 0 saturated carbocycles. The van der Waals surface area contributed by atoms with Crippen LogP contribution in [-0.2, 0) is 0 Å². The first-order chi connectivity index (χ1) is 20.1. The molecule has 0 unspecified atom stereocenters. The number of hydrogen-bond acceptors (Lipinski definition) is 8. The van der Waals surface area contributed by atoms with Gasteiger partial charge in [-0.05, 0) is 57.1 Å². The number of aromatic hydroxyl groups is 6. The number of phenols is 6. The Kier molecular flexibility index (Phi) is 4.30. The summed E-state index contributed by atoms with van der Waals surface area (Å²) < 4.78 is 0. The molecule has 0 saturated heterocycles. The van der Waals surface area contributed by atoms with Gasteiger partial charge >= 0.3 is 0 Å². The summed E-state index contributed by atoms with van der Waals surface area (Å²) in [6.45, 7) is 3.05. The molecule has 0 bridgehead atoms. The van der Waals surface area contributed by atoms with Crippen molar-refractivity contribution >= 4 is 75.4 Å². The summed E-state index contributed by atoms with van der Waals surface area (Å²) in [6, 6.07) is 14.3. The molecular weight excluding hydrogens is 536 g/mol. The summed E-state index contributed by atoms with van der Waals surface area (Å²) in [5.74, 6) is -3.97. The van der Waals surface area contributed by atoms with Crippen molar-refractivity contribution < 1.29 is 30.6 Å². The average molecular weight is 557 g/mol. The summed E-state index contributed by atoms with van der Waals surface area (Å²) in [5, 5.41) is 71.6. The van der Waals surface area contributed by atoms with Crippen LogP contribution in [0.2, 0.25) is 0 Å². The van der Waals surface area contributed by atoms with Gasteiger partial charge in [0.1, 0.15) is 5.75 Å². The van der Waals surface area contributed by atoms with Gasteiger partial charge in [0.05, 0.1) is 5.39 Å². The van der Waals surface area contributed by atoms with Crippen molar-refractivity contribution in [1.29, 1.82) is 0 Å². The summed E-state index contributed by atoms with van der Waals surface area (Å²) in [7, 11) is 0. The minimum atomic E-state index is -0.860. The van der Waals surface area contributed by atoms with Crippen LogP contribution in [0.1, 0.15) is 11.1 Å². The fourth-order valence-electron chi connectivity index (χ4n) is 6.99. The molecule has 0 radical (unpaired) electrons. The van der Waals surface area contributed by atoms with Crippen LogP contribution in [0.25, 0.3) is 75.4 Å². The molecule has 8 aromatic rings. The molecule has 0 aliphatic rings. The van der Waals surface area contributed by atoms with Crippen molar-refractivity contribution in [2.75, 3.05) is 0 Å². The van der Waals surface area contributed by atoms with Gasteiger partial charge in [0.25, 0.3) is 0 Å². The summed E-state index contributed by atoms with van der Waals surface area (Å²) in [5.41, 5.74) is -1.11. The summed E-state index contributed by atoms with van der Waals surface area (Å²) in [6.07, 6.45) is 0. The van der Waals surface area contributed by atoms with E-state index in [1.807, 2.05) is 24.3 Å². The van der Waals surface area contributed by atoms with Crippen LogP contribution in [0, 0.1) is 13.8 Å². The largest absolute Gasteiger partial charge is 0.506 e. The van der Waals surface area contributed by atoms with Crippen LogP contribution in [0.3, 0.4) is 0 Å². The molecule has 0 aliphatic heterocycles. The van der Waals surface area contributed by atoms with Crippen molar-refractivity contribution in [3.63, 3.8) is 0 Å². The Morgan fingerprint density at radius 2 is 0.857 bits per heavy atom. The van der Waals surface area contributed by atoms with E-state index in [9.17, 15) is 40.2 Å². The van der Waals surface area contributed by atoms with E-state index in [4.69, 9.17) is 0 Å². The summed E-state index contributed by atoms with van der Waals surface area (Å²) >= 11 is 0. The highest BCUT2D eigenvalue weighted by Crippen LogP contribution is 2.58. The Morgan fingerprint density at radius 1 is 0.381 bits per heavy atom. The van der Waals surface area contributed by atoms with Crippen LogP contribution in [0.4, 0.5) is 0 Å². The SMILES string of the molecule is Cc1c(C)c2c(O)c(O)c3c(ccc4c3c(O)c3c(O)c(O)c(O)c5c6cccc7cccc(c76)c4c35)c2c(=O)c1=O. The molecule has 6 N–H and O–H groups in total. The predicted octanol–water partition coefficient (Wildman–Crippen LogP) is 6.21. The minimum absolute atomic E-state index is 0.0162. The van der Waals surface area contributed by atoms with Crippen LogP contribution in [-0.4, -0.2) is 30.6 Å². The van der Waals surface area contributed by atoms with E-state index in [0.29, 0.717) is 27.1 Å². The molecule has 0 atom stereocenters. The van der Waals surface area contributed by atoms with Gasteiger partial charge in [-0.1, -0.05) is 48.5 Å². The van der Waals surface area contributed by atoms with Gasteiger partial charge in [0.2, 0.25) is 16.6 Å². The van der Waals surface area contributed by atoms with Crippen LogP contribution in [0.5, 0.6) is 34.5 Å². The topological polar surface area (TPSA) is 156 Å². The van der Waals surface area contributed by atoms with Crippen LogP contribution >= 0.6 is 0 Å². The quantitative estimate of drug-likeness (QED) is 0.0558.